The second kappa shape index (κ2) is 38.8. The average molecular weight is 630 g/mol. The molecule has 234 valence electrons. The van der Waals surface area contributed by atoms with Crippen molar-refractivity contribution in [3.05, 3.63) is 0 Å². The van der Waals surface area contributed by atoms with Gasteiger partial charge in [0.1, 0.15) is 0 Å². The molecule has 0 aliphatic rings. The Balaban J connectivity index is 3.01. The molecule has 3 heteroatoms. The van der Waals surface area contributed by atoms with Gasteiger partial charge in [-0.25, -0.2) is 0 Å². The molecule has 0 radical (unpaired) electrons. The van der Waals surface area contributed by atoms with Crippen molar-refractivity contribution >= 4 is 0 Å². The van der Waals surface area contributed by atoms with E-state index < -0.39 is 24.1 Å². The minimum Gasteiger partial charge on any atom is -0.0654 e. The molecule has 0 aromatic carbocycles. The molecule has 0 bridgehead atoms. The molecular formula is C36H74O2Zr. The molecule has 0 aromatic rings. The molecule has 0 aromatic heterocycles. The van der Waals surface area contributed by atoms with Crippen LogP contribution in [0.3, 0.4) is 0 Å². The van der Waals surface area contributed by atoms with E-state index in [0.717, 1.165) is 13.2 Å². The van der Waals surface area contributed by atoms with Crippen molar-refractivity contribution in [1.82, 2.24) is 0 Å². The number of hydrogen-bond acceptors (Lipinski definition) is 2. The Kier molecular flexibility index (Phi) is 39.6. The summed E-state index contributed by atoms with van der Waals surface area (Å²) >= 11 is -0.993. The van der Waals surface area contributed by atoms with Gasteiger partial charge < -0.3 is 0 Å². The second-order valence-corrected chi connectivity index (χ2v) is 14.2. The molecule has 0 atom stereocenters. The van der Waals surface area contributed by atoms with Crippen LogP contribution < -0.4 is 0 Å². The fraction of sp³-hybridized carbons (Fsp3) is 1.00. The number of hydrogen-bond donors (Lipinski definition) is 0. The summed E-state index contributed by atoms with van der Waals surface area (Å²) in [4.78, 5) is 0. The molecule has 0 unspecified atom stereocenters. The van der Waals surface area contributed by atoms with Gasteiger partial charge in [-0.15, -0.1) is 0 Å². The van der Waals surface area contributed by atoms with E-state index in [-0.39, 0.29) is 0 Å². The Bertz CT molecular complexity index is 368. The van der Waals surface area contributed by atoms with E-state index >= 15 is 0 Å². The summed E-state index contributed by atoms with van der Waals surface area (Å²) in [6, 6.07) is 0. The predicted octanol–water partition coefficient (Wildman–Crippen LogP) is 13.5. The first-order chi connectivity index (χ1) is 19.4. The van der Waals surface area contributed by atoms with Gasteiger partial charge in [-0.1, -0.05) is 90.9 Å². The van der Waals surface area contributed by atoms with E-state index in [0.29, 0.717) is 0 Å². The third kappa shape index (κ3) is 38.8. The van der Waals surface area contributed by atoms with E-state index in [1.165, 1.54) is 205 Å². The van der Waals surface area contributed by atoms with Crippen LogP contribution >= 0.6 is 0 Å². The van der Waals surface area contributed by atoms with Crippen molar-refractivity contribution in [2.75, 3.05) is 13.2 Å². The maximum atomic E-state index is 5.83. The first kappa shape index (κ1) is 39.8. The number of rotatable bonds is 36. The van der Waals surface area contributed by atoms with E-state index in [1.807, 2.05) is 0 Å². The van der Waals surface area contributed by atoms with E-state index in [1.54, 1.807) is 0 Å². The summed E-state index contributed by atoms with van der Waals surface area (Å²) in [6.45, 7) is 6.50. The fourth-order valence-corrected chi connectivity index (χ4v) is 6.89. The standard InChI is InChI=1S/2C18H37O.Zr/c2*1-2-3-4-5-6-7-8-9-10-11-12-13-14-15-16-17-18-19;/h2*2-18H2,1H3;/q2*-1;+2. The molecule has 0 saturated heterocycles. The average Bonchev–Trinajstić information content (AvgIpc) is 2.95. The molecule has 0 aliphatic heterocycles. The molecule has 0 amide bonds. The molecule has 39 heavy (non-hydrogen) atoms. The summed E-state index contributed by atoms with van der Waals surface area (Å²) in [7, 11) is 0. The van der Waals surface area contributed by atoms with Crippen LogP contribution in [0.5, 0.6) is 0 Å². The van der Waals surface area contributed by atoms with Crippen LogP contribution in [-0.4, -0.2) is 13.2 Å². The van der Waals surface area contributed by atoms with Gasteiger partial charge in [0.15, 0.2) is 0 Å². The Labute approximate surface area is 261 Å². The van der Waals surface area contributed by atoms with Crippen molar-refractivity contribution in [3.63, 3.8) is 0 Å². The van der Waals surface area contributed by atoms with Gasteiger partial charge in [0, 0.05) is 0 Å². The van der Waals surface area contributed by atoms with Crippen LogP contribution in [0.1, 0.15) is 219 Å². The molecule has 0 spiro atoms. The zero-order valence-corrected chi connectivity index (χ0v) is 29.8. The van der Waals surface area contributed by atoms with Crippen molar-refractivity contribution < 1.29 is 29.7 Å². The molecular weight excluding hydrogens is 556 g/mol. The summed E-state index contributed by atoms with van der Waals surface area (Å²) in [5, 5.41) is 0. The molecule has 0 N–H and O–H groups in total. The Hall–Kier alpha value is 0.803. The predicted molar refractivity (Wildman–Crippen MR) is 171 cm³/mol. The third-order valence-corrected chi connectivity index (χ3v) is 9.90. The van der Waals surface area contributed by atoms with E-state index in [2.05, 4.69) is 13.8 Å². The zero-order valence-electron chi connectivity index (χ0n) is 27.4. The van der Waals surface area contributed by atoms with Crippen LogP contribution in [-0.2, 0) is 29.7 Å². The van der Waals surface area contributed by atoms with Crippen LogP contribution in [0, 0.1) is 0 Å². The van der Waals surface area contributed by atoms with Crippen molar-refractivity contribution in [1.29, 1.82) is 0 Å². The van der Waals surface area contributed by atoms with Gasteiger partial charge >= 0.3 is 171 Å². The third-order valence-electron chi connectivity index (χ3n) is 8.32. The summed E-state index contributed by atoms with van der Waals surface area (Å²) in [6.07, 6.45) is 45.7. The van der Waals surface area contributed by atoms with Gasteiger partial charge in [-0.05, 0) is 0 Å². The monoisotopic (exact) mass is 628 g/mol. The maximum absolute atomic E-state index is 5.83. The van der Waals surface area contributed by atoms with Gasteiger partial charge in [-0.3, -0.25) is 0 Å². The summed E-state index contributed by atoms with van der Waals surface area (Å²) in [5.74, 6) is 0. The van der Waals surface area contributed by atoms with Crippen molar-refractivity contribution in [3.8, 4) is 0 Å². The second-order valence-electron chi connectivity index (χ2n) is 12.4. The van der Waals surface area contributed by atoms with Crippen LogP contribution in [0.25, 0.3) is 0 Å². The van der Waals surface area contributed by atoms with E-state index in [9.17, 15) is 0 Å². The topological polar surface area (TPSA) is 18.5 Å². The quantitative estimate of drug-likeness (QED) is 0.0642. The van der Waals surface area contributed by atoms with Gasteiger partial charge in [0.25, 0.3) is 0 Å². The Morgan fingerprint density at radius 2 is 0.436 bits per heavy atom. The first-order valence-corrected chi connectivity index (χ1v) is 20.4. The Morgan fingerprint density at radius 1 is 0.256 bits per heavy atom. The molecule has 0 saturated carbocycles. The molecule has 0 fully saturated rings. The van der Waals surface area contributed by atoms with E-state index in [4.69, 9.17) is 5.63 Å². The SMILES string of the molecule is CCCCCCCCCCCCCCCCCC[O][Zr][O]CCCCCCCCCCCCCCCCCC. The minimum absolute atomic E-state index is 0.948. The molecule has 0 rings (SSSR count). The number of unbranched alkanes of at least 4 members (excludes halogenated alkanes) is 30. The van der Waals surface area contributed by atoms with Gasteiger partial charge in [0.05, 0.1) is 0 Å². The molecule has 0 aliphatic carbocycles. The molecule has 0 heterocycles. The van der Waals surface area contributed by atoms with Gasteiger partial charge in [0.2, 0.25) is 0 Å². The fourth-order valence-electron chi connectivity index (χ4n) is 5.57. The first-order valence-electron chi connectivity index (χ1n) is 18.4. The molecule has 2 nitrogen and oxygen atoms in total. The van der Waals surface area contributed by atoms with Crippen LogP contribution in [0.2, 0.25) is 0 Å². The zero-order chi connectivity index (χ0) is 28.2. The van der Waals surface area contributed by atoms with Crippen LogP contribution in [0.15, 0.2) is 0 Å². The van der Waals surface area contributed by atoms with Crippen LogP contribution in [0.4, 0.5) is 0 Å². The summed E-state index contributed by atoms with van der Waals surface area (Å²) < 4.78 is 11.7. The normalized spacial score (nSPS) is 11.4. The van der Waals surface area contributed by atoms with Crippen molar-refractivity contribution in [2.24, 2.45) is 0 Å². The van der Waals surface area contributed by atoms with Crippen molar-refractivity contribution in [2.45, 2.75) is 219 Å². The Morgan fingerprint density at radius 3 is 0.641 bits per heavy atom. The smallest absolute Gasteiger partial charge is 0.0654 e. The minimum atomic E-state index is -0.993. The summed E-state index contributed by atoms with van der Waals surface area (Å²) in [5.41, 5.74) is 0. The van der Waals surface area contributed by atoms with Gasteiger partial charge in [-0.2, -0.15) is 0 Å².